The van der Waals surface area contributed by atoms with Gasteiger partial charge in [-0.25, -0.2) is 0 Å². The van der Waals surface area contributed by atoms with Gasteiger partial charge in [-0.15, -0.1) is 0 Å². The summed E-state index contributed by atoms with van der Waals surface area (Å²) in [6, 6.07) is 3.41. The third-order valence-corrected chi connectivity index (χ3v) is 2.32. The number of aryl methyl sites for hydroxylation is 1. The van der Waals surface area contributed by atoms with Crippen molar-refractivity contribution in [2.24, 2.45) is 0 Å². The maximum atomic E-state index is 10.8. The van der Waals surface area contributed by atoms with Crippen molar-refractivity contribution < 1.29 is 9.53 Å². The van der Waals surface area contributed by atoms with Crippen molar-refractivity contribution in [3.05, 3.63) is 22.7 Å². The number of anilines is 1. The smallest absolute Gasteiger partial charge is 0.291 e. The zero-order chi connectivity index (χ0) is 10.7. The standard InChI is InChI=1S/C9H9BrClNO2/c1-5-3-8(14-2)7(4-6(5)11)12-9(10)13/h3-4H,1-2H3,(H,12,13). The van der Waals surface area contributed by atoms with Crippen LogP contribution in [0, 0.1) is 6.92 Å². The number of carbonyl (C=O) groups is 1. The maximum absolute atomic E-state index is 10.8. The molecule has 0 atom stereocenters. The number of rotatable bonds is 2. The third kappa shape index (κ3) is 2.62. The quantitative estimate of drug-likeness (QED) is 0.663. The van der Waals surface area contributed by atoms with Crippen LogP contribution in [0.4, 0.5) is 10.5 Å². The van der Waals surface area contributed by atoms with Crippen molar-refractivity contribution in [1.82, 2.24) is 0 Å². The van der Waals surface area contributed by atoms with E-state index < -0.39 is 0 Å². The van der Waals surface area contributed by atoms with Crippen LogP contribution in [0.1, 0.15) is 5.56 Å². The van der Waals surface area contributed by atoms with Crippen LogP contribution >= 0.6 is 27.5 Å². The number of methoxy groups -OCH3 is 1. The first kappa shape index (κ1) is 11.3. The van der Waals surface area contributed by atoms with Crippen molar-refractivity contribution >= 4 is 38.0 Å². The Hall–Kier alpha value is -0.740. The molecule has 1 N–H and O–H groups in total. The summed E-state index contributed by atoms with van der Waals surface area (Å²) in [6.45, 7) is 1.87. The molecule has 1 amide bonds. The van der Waals surface area contributed by atoms with Crippen LogP contribution in [0.2, 0.25) is 5.02 Å². The SMILES string of the molecule is COc1cc(C)c(Cl)cc1NC(=O)Br. The van der Waals surface area contributed by atoms with E-state index in [1.165, 1.54) is 7.11 Å². The van der Waals surface area contributed by atoms with Crippen LogP contribution in [-0.2, 0) is 0 Å². The number of benzene rings is 1. The highest BCUT2D eigenvalue weighted by Crippen LogP contribution is 2.31. The van der Waals surface area contributed by atoms with Crippen molar-refractivity contribution in [2.75, 3.05) is 12.4 Å². The third-order valence-electron chi connectivity index (χ3n) is 1.71. The van der Waals surface area contributed by atoms with Crippen molar-refractivity contribution in [1.29, 1.82) is 0 Å². The minimum absolute atomic E-state index is 0.337. The van der Waals surface area contributed by atoms with E-state index in [1.54, 1.807) is 12.1 Å². The molecular weight excluding hydrogens is 269 g/mol. The van der Waals surface area contributed by atoms with Crippen LogP contribution in [-0.4, -0.2) is 11.9 Å². The summed E-state index contributed by atoms with van der Waals surface area (Å²) >= 11 is 8.67. The first-order valence-electron chi connectivity index (χ1n) is 3.85. The summed E-state index contributed by atoms with van der Waals surface area (Å²) in [4.78, 5) is 10.4. The topological polar surface area (TPSA) is 38.3 Å². The molecule has 0 aliphatic carbocycles. The van der Waals surface area contributed by atoms with E-state index >= 15 is 0 Å². The van der Waals surface area contributed by atoms with Gasteiger partial charge < -0.3 is 10.1 Å². The molecule has 0 saturated carbocycles. The summed E-state index contributed by atoms with van der Waals surface area (Å²) < 4.78 is 5.09. The van der Waals surface area contributed by atoms with Gasteiger partial charge in [0.05, 0.1) is 12.8 Å². The van der Waals surface area contributed by atoms with E-state index in [0.29, 0.717) is 16.5 Å². The molecule has 0 heterocycles. The van der Waals surface area contributed by atoms with Gasteiger partial charge in [-0.1, -0.05) is 11.6 Å². The lowest BCUT2D eigenvalue weighted by molar-refractivity contribution is 0.270. The van der Waals surface area contributed by atoms with Gasteiger partial charge in [-0.3, -0.25) is 4.79 Å². The van der Waals surface area contributed by atoms with Crippen LogP contribution in [0.5, 0.6) is 5.75 Å². The second-order valence-electron chi connectivity index (χ2n) is 2.70. The Balaban J connectivity index is 3.13. The summed E-state index contributed by atoms with van der Waals surface area (Å²) in [5.41, 5.74) is 1.45. The van der Waals surface area contributed by atoms with Crippen molar-refractivity contribution in [2.45, 2.75) is 6.92 Å². The molecule has 14 heavy (non-hydrogen) atoms. The first-order valence-corrected chi connectivity index (χ1v) is 5.02. The number of ether oxygens (including phenoxy) is 1. The fourth-order valence-corrected chi connectivity index (χ4v) is 1.40. The molecule has 0 saturated heterocycles. The van der Waals surface area contributed by atoms with Gasteiger partial charge in [0, 0.05) is 21.0 Å². The van der Waals surface area contributed by atoms with Gasteiger partial charge in [-0.05, 0) is 24.6 Å². The highest BCUT2D eigenvalue weighted by atomic mass is 79.9. The Labute approximate surface area is 95.5 Å². The lowest BCUT2D eigenvalue weighted by Gasteiger charge is -2.10. The van der Waals surface area contributed by atoms with Crippen molar-refractivity contribution in [3.8, 4) is 5.75 Å². The number of hydrogen-bond acceptors (Lipinski definition) is 2. The van der Waals surface area contributed by atoms with Crippen LogP contribution in [0.25, 0.3) is 0 Å². The first-order chi connectivity index (χ1) is 6.54. The van der Waals surface area contributed by atoms with E-state index in [-0.39, 0.29) is 4.82 Å². The largest absolute Gasteiger partial charge is 0.495 e. The van der Waals surface area contributed by atoms with Gasteiger partial charge in [0.15, 0.2) is 0 Å². The Morgan fingerprint density at radius 3 is 2.71 bits per heavy atom. The molecule has 0 spiro atoms. The van der Waals surface area contributed by atoms with Crippen LogP contribution in [0.15, 0.2) is 12.1 Å². The zero-order valence-corrected chi connectivity index (χ0v) is 10.1. The Morgan fingerprint density at radius 1 is 1.57 bits per heavy atom. The average Bonchev–Trinajstić information content (AvgIpc) is 2.10. The molecule has 0 fully saturated rings. The molecule has 1 aromatic carbocycles. The second-order valence-corrected chi connectivity index (χ2v) is 3.83. The lowest BCUT2D eigenvalue weighted by atomic mass is 10.2. The summed E-state index contributed by atoms with van der Waals surface area (Å²) in [5, 5.41) is 3.15. The Morgan fingerprint density at radius 2 is 2.21 bits per heavy atom. The molecule has 1 rings (SSSR count). The lowest BCUT2D eigenvalue weighted by Crippen LogP contribution is -2.02. The van der Waals surface area contributed by atoms with E-state index in [4.69, 9.17) is 16.3 Å². The van der Waals surface area contributed by atoms with E-state index in [0.717, 1.165) is 5.56 Å². The number of amides is 1. The number of nitrogens with one attached hydrogen (secondary N) is 1. The molecule has 0 bridgehead atoms. The van der Waals surface area contributed by atoms with Crippen molar-refractivity contribution in [3.63, 3.8) is 0 Å². The molecule has 0 unspecified atom stereocenters. The minimum Gasteiger partial charge on any atom is -0.495 e. The number of hydrogen-bond donors (Lipinski definition) is 1. The number of carbonyl (C=O) groups excluding carboxylic acids is 1. The minimum atomic E-state index is -0.337. The van der Waals surface area contributed by atoms with Gasteiger partial charge in [-0.2, -0.15) is 0 Å². The monoisotopic (exact) mass is 277 g/mol. The molecule has 5 heteroatoms. The van der Waals surface area contributed by atoms with Gasteiger partial charge >= 0.3 is 0 Å². The highest BCUT2D eigenvalue weighted by molar-refractivity contribution is 9.18. The Kier molecular flexibility index (Phi) is 3.77. The Bertz CT molecular complexity index is 368. The van der Waals surface area contributed by atoms with E-state index in [9.17, 15) is 4.79 Å². The molecule has 3 nitrogen and oxygen atoms in total. The highest BCUT2D eigenvalue weighted by Gasteiger charge is 2.08. The molecular formula is C9H9BrClNO2. The molecule has 0 radical (unpaired) electrons. The molecule has 76 valence electrons. The molecule has 1 aromatic rings. The fourth-order valence-electron chi connectivity index (χ4n) is 1.03. The second kappa shape index (κ2) is 4.66. The van der Waals surface area contributed by atoms with Gasteiger partial charge in [0.2, 0.25) is 0 Å². The van der Waals surface area contributed by atoms with Crippen LogP contribution in [0.3, 0.4) is 0 Å². The van der Waals surface area contributed by atoms with Crippen LogP contribution < -0.4 is 10.1 Å². The summed E-state index contributed by atoms with van der Waals surface area (Å²) in [6.07, 6.45) is 0. The number of halogens is 2. The maximum Gasteiger partial charge on any atom is 0.291 e. The van der Waals surface area contributed by atoms with Gasteiger partial charge in [0.25, 0.3) is 4.82 Å². The van der Waals surface area contributed by atoms with Gasteiger partial charge in [0.1, 0.15) is 5.75 Å². The van der Waals surface area contributed by atoms with E-state index in [2.05, 4.69) is 21.2 Å². The van der Waals surface area contributed by atoms with E-state index in [1.807, 2.05) is 6.92 Å². The normalized spacial score (nSPS) is 9.71. The predicted molar refractivity (Wildman–Crippen MR) is 60.7 cm³/mol. The molecule has 0 aromatic heterocycles. The average molecular weight is 279 g/mol. The fraction of sp³-hybridized carbons (Fsp3) is 0.222. The zero-order valence-electron chi connectivity index (χ0n) is 7.73. The summed E-state index contributed by atoms with van der Waals surface area (Å²) in [5.74, 6) is 0.583. The predicted octanol–water partition coefficient (Wildman–Crippen LogP) is 3.58. The summed E-state index contributed by atoms with van der Waals surface area (Å²) in [7, 11) is 1.53. The molecule has 0 aliphatic rings. The molecule has 0 aliphatic heterocycles.